The van der Waals surface area contributed by atoms with Crippen LogP contribution in [0, 0.1) is 0 Å². The van der Waals surface area contributed by atoms with Gasteiger partial charge in [-0.3, -0.25) is 0 Å². The Balaban J connectivity index is 1.89. The van der Waals surface area contributed by atoms with Crippen LogP contribution < -0.4 is 11.1 Å². The molecular weight excluding hydrogens is 212 g/mol. The van der Waals surface area contributed by atoms with Crippen molar-refractivity contribution in [3.63, 3.8) is 0 Å². The Morgan fingerprint density at radius 3 is 2.94 bits per heavy atom. The van der Waals surface area contributed by atoms with Crippen molar-refractivity contribution < 1.29 is 0 Å². The Morgan fingerprint density at radius 1 is 1.18 bits per heavy atom. The van der Waals surface area contributed by atoms with Crippen molar-refractivity contribution in [2.75, 3.05) is 11.1 Å². The SMILES string of the molecule is Nc1cncnc1Nc1ccc2c(c1)CCC2. The fraction of sp³-hybridized carbons (Fsp3) is 0.231. The quantitative estimate of drug-likeness (QED) is 0.824. The van der Waals surface area contributed by atoms with E-state index in [1.165, 1.54) is 36.7 Å². The second-order valence-corrected chi connectivity index (χ2v) is 4.29. The van der Waals surface area contributed by atoms with Gasteiger partial charge in [0.1, 0.15) is 6.33 Å². The fourth-order valence-electron chi connectivity index (χ4n) is 2.23. The monoisotopic (exact) mass is 226 g/mol. The van der Waals surface area contributed by atoms with E-state index in [-0.39, 0.29) is 0 Å². The first kappa shape index (κ1) is 10.1. The second kappa shape index (κ2) is 4.05. The second-order valence-electron chi connectivity index (χ2n) is 4.29. The molecule has 17 heavy (non-hydrogen) atoms. The lowest BCUT2D eigenvalue weighted by molar-refractivity contribution is 0.912. The Bertz CT molecular complexity index is 551. The molecule has 2 aromatic rings. The predicted octanol–water partition coefficient (Wildman–Crippen LogP) is 2.29. The minimum absolute atomic E-state index is 0.563. The van der Waals surface area contributed by atoms with E-state index in [1.807, 2.05) is 0 Å². The first-order valence-corrected chi connectivity index (χ1v) is 5.77. The van der Waals surface area contributed by atoms with Crippen LogP contribution in [0.15, 0.2) is 30.7 Å². The molecule has 0 radical (unpaired) electrons. The molecule has 3 N–H and O–H groups in total. The van der Waals surface area contributed by atoms with E-state index in [0.717, 1.165) is 5.69 Å². The van der Waals surface area contributed by atoms with Crippen molar-refractivity contribution in [2.24, 2.45) is 0 Å². The number of hydrogen-bond donors (Lipinski definition) is 2. The number of rotatable bonds is 2. The fourth-order valence-corrected chi connectivity index (χ4v) is 2.23. The number of aryl methyl sites for hydroxylation is 2. The average Bonchev–Trinajstić information content (AvgIpc) is 2.79. The summed E-state index contributed by atoms with van der Waals surface area (Å²) < 4.78 is 0. The summed E-state index contributed by atoms with van der Waals surface area (Å²) in [6.07, 6.45) is 6.72. The van der Waals surface area contributed by atoms with Crippen LogP contribution in [0.5, 0.6) is 0 Å². The molecule has 0 aliphatic heterocycles. The number of nitrogens with one attached hydrogen (secondary N) is 1. The lowest BCUT2D eigenvalue weighted by atomic mass is 10.1. The Kier molecular flexibility index (Phi) is 2.40. The molecule has 0 spiro atoms. The molecule has 0 saturated heterocycles. The average molecular weight is 226 g/mol. The molecule has 0 fully saturated rings. The Labute approximate surface area is 99.9 Å². The maximum absolute atomic E-state index is 5.79. The molecule has 1 aliphatic rings. The number of fused-ring (bicyclic) bond motifs is 1. The third kappa shape index (κ3) is 1.93. The van der Waals surface area contributed by atoms with Crippen LogP contribution in [0.2, 0.25) is 0 Å². The van der Waals surface area contributed by atoms with Gasteiger partial charge in [-0.1, -0.05) is 6.07 Å². The minimum atomic E-state index is 0.563. The van der Waals surface area contributed by atoms with E-state index in [2.05, 4.69) is 33.5 Å². The summed E-state index contributed by atoms with van der Waals surface area (Å²) in [6.45, 7) is 0. The number of aromatic nitrogens is 2. The summed E-state index contributed by atoms with van der Waals surface area (Å²) in [5, 5.41) is 3.23. The van der Waals surface area contributed by atoms with Crippen LogP contribution >= 0.6 is 0 Å². The summed E-state index contributed by atoms with van der Waals surface area (Å²) in [7, 11) is 0. The smallest absolute Gasteiger partial charge is 0.157 e. The summed E-state index contributed by atoms with van der Waals surface area (Å²) in [6, 6.07) is 6.44. The van der Waals surface area contributed by atoms with Crippen LogP contribution in [-0.2, 0) is 12.8 Å². The highest BCUT2D eigenvalue weighted by atomic mass is 15.0. The third-order valence-corrected chi connectivity index (χ3v) is 3.10. The summed E-state index contributed by atoms with van der Waals surface area (Å²) in [5.41, 5.74) is 10.3. The lowest BCUT2D eigenvalue weighted by Crippen LogP contribution is -2.00. The first-order valence-electron chi connectivity index (χ1n) is 5.77. The molecule has 1 heterocycles. The van der Waals surface area contributed by atoms with Crippen molar-refractivity contribution in [3.05, 3.63) is 41.9 Å². The largest absolute Gasteiger partial charge is 0.394 e. The van der Waals surface area contributed by atoms with E-state index < -0.39 is 0 Å². The van der Waals surface area contributed by atoms with Crippen LogP contribution in [-0.4, -0.2) is 9.97 Å². The number of hydrogen-bond acceptors (Lipinski definition) is 4. The summed E-state index contributed by atoms with van der Waals surface area (Å²) >= 11 is 0. The van der Waals surface area contributed by atoms with Gasteiger partial charge in [0, 0.05) is 5.69 Å². The maximum atomic E-state index is 5.79. The molecule has 0 bridgehead atoms. The number of benzene rings is 1. The number of nitrogens with two attached hydrogens (primary N) is 1. The molecule has 0 atom stereocenters. The topological polar surface area (TPSA) is 63.8 Å². The van der Waals surface area contributed by atoms with Crippen LogP contribution in [0.3, 0.4) is 0 Å². The van der Waals surface area contributed by atoms with E-state index >= 15 is 0 Å². The third-order valence-electron chi connectivity index (χ3n) is 3.10. The van der Waals surface area contributed by atoms with Gasteiger partial charge in [-0.05, 0) is 42.5 Å². The highest BCUT2D eigenvalue weighted by molar-refractivity contribution is 5.68. The molecule has 1 aliphatic carbocycles. The van der Waals surface area contributed by atoms with Gasteiger partial charge in [0.15, 0.2) is 5.82 Å². The van der Waals surface area contributed by atoms with E-state index in [1.54, 1.807) is 6.20 Å². The Hall–Kier alpha value is -2.10. The number of nitrogen functional groups attached to an aromatic ring is 1. The van der Waals surface area contributed by atoms with Gasteiger partial charge in [0.25, 0.3) is 0 Å². The standard InChI is InChI=1S/C13H14N4/c14-12-7-15-8-16-13(12)17-11-5-4-9-2-1-3-10(9)6-11/h4-8H,1-3,14H2,(H,15,16,17). The highest BCUT2D eigenvalue weighted by Gasteiger charge is 2.11. The van der Waals surface area contributed by atoms with Gasteiger partial charge in [-0.25, -0.2) is 9.97 Å². The molecule has 86 valence electrons. The molecule has 1 aromatic heterocycles. The molecule has 4 heteroatoms. The first-order chi connectivity index (χ1) is 8.33. The van der Waals surface area contributed by atoms with Crippen LogP contribution in [0.4, 0.5) is 17.2 Å². The lowest BCUT2D eigenvalue weighted by Gasteiger charge is -2.09. The van der Waals surface area contributed by atoms with Gasteiger partial charge in [-0.15, -0.1) is 0 Å². The molecule has 0 saturated carbocycles. The van der Waals surface area contributed by atoms with Crippen molar-refractivity contribution in [2.45, 2.75) is 19.3 Å². The molecular formula is C13H14N4. The predicted molar refractivity (Wildman–Crippen MR) is 68.2 cm³/mol. The van der Waals surface area contributed by atoms with E-state index in [4.69, 9.17) is 5.73 Å². The number of anilines is 3. The zero-order valence-corrected chi connectivity index (χ0v) is 9.48. The van der Waals surface area contributed by atoms with E-state index in [0.29, 0.717) is 11.5 Å². The Morgan fingerprint density at radius 2 is 2.06 bits per heavy atom. The molecule has 0 unspecified atom stereocenters. The van der Waals surface area contributed by atoms with Gasteiger partial charge < -0.3 is 11.1 Å². The zero-order chi connectivity index (χ0) is 11.7. The zero-order valence-electron chi connectivity index (χ0n) is 9.48. The van der Waals surface area contributed by atoms with E-state index in [9.17, 15) is 0 Å². The van der Waals surface area contributed by atoms with Gasteiger partial charge in [-0.2, -0.15) is 0 Å². The molecule has 4 nitrogen and oxygen atoms in total. The van der Waals surface area contributed by atoms with Crippen LogP contribution in [0.1, 0.15) is 17.5 Å². The van der Waals surface area contributed by atoms with Crippen molar-refractivity contribution in [3.8, 4) is 0 Å². The maximum Gasteiger partial charge on any atom is 0.157 e. The van der Waals surface area contributed by atoms with Gasteiger partial charge in [0.05, 0.1) is 11.9 Å². The van der Waals surface area contributed by atoms with Crippen LogP contribution in [0.25, 0.3) is 0 Å². The van der Waals surface area contributed by atoms with Crippen molar-refractivity contribution in [1.82, 2.24) is 9.97 Å². The molecule has 1 aromatic carbocycles. The minimum Gasteiger partial charge on any atom is -0.394 e. The van der Waals surface area contributed by atoms with Crippen molar-refractivity contribution >= 4 is 17.2 Å². The normalized spacial score (nSPS) is 13.4. The van der Waals surface area contributed by atoms with Gasteiger partial charge in [0.2, 0.25) is 0 Å². The van der Waals surface area contributed by atoms with Crippen molar-refractivity contribution in [1.29, 1.82) is 0 Å². The summed E-state index contributed by atoms with van der Waals surface area (Å²) in [4.78, 5) is 7.99. The summed E-state index contributed by atoms with van der Waals surface area (Å²) in [5.74, 6) is 0.665. The number of nitrogens with zero attached hydrogens (tertiary/aromatic N) is 2. The molecule has 0 amide bonds. The van der Waals surface area contributed by atoms with Gasteiger partial charge >= 0.3 is 0 Å². The highest BCUT2D eigenvalue weighted by Crippen LogP contribution is 2.27. The molecule has 3 rings (SSSR count).